The lowest BCUT2D eigenvalue weighted by Gasteiger charge is -2.23. The highest BCUT2D eigenvalue weighted by molar-refractivity contribution is 6.03. The van der Waals surface area contributed by atoms with Crippen molar-refractivity contribution in [2.75, 3.05) is 0 Å². The zero-order valence-corrected chi connectivity index (χ0v) is 30.3. The minimum absolute atomic E-state index is 0.408. The summed E-state index contributed by atoms with van der Waals surface area (Å²) >= 11 is 0. The van der Waals surface area contributed by atoms with Crippen molar-refractivity contribution in [3.05, 3.63) is 95.6 Å². The Kier molecular flexibility index (Phi) is 6.84. The van der Waals surface area contributed by atoms with Gasteiger partial charge in [0.05, 0.1) is 62.6 Å². The lowest BCUT2D eigenvalue weighted by molar-refractivity contribution is 0.385. The number of fused-ring (bicyclic) bond motifs is 6. The number of hydrogen-bond donors (Lipinski definition) is 6. The van der Waals surface area contributed by atoms with Gasteiger partial charge in [-0.25, -0.2) is 19.9 Å². The van der Waals surface area contributed by atoms with Crippen LogP contribution in [0.1, 0.15) is 74.1 Å². The van der Waals surface area contributed by atoms with Gasteiger partial charge in [0.2, 0.25) is 0 Å². The summed E-state index contributed by atoms with van der Waals surface area (Å²) in [5.41, 5.74) is 11.8. The molecule has 2 aliphatic carbocycles. The molecular formula is C43H40N12. The average molecular weight is 725 g/mol. The summed E-state index contributed by atoms with van der Waals surface area (Å²) in [4.78, 5) is 43.8. The van der Waals surface area contributed by atoms with Crippen LogP contribution in [0.4, 0.5) is 0 Å². The van der Waals surface area contributed by atoms with Crippen molar-refractivity contribution in [1.82, 2.24) is 50.5 Å². The molecule has 4 aromatic heterocycles. The Morgan fingerprint density at radius 1 is 0.436 bits per heavy atom. The summed E-state index contributed by atoms with van der Waals surface area (Å²) in [6.07, 6.45) is 10.4. The summed E-state index contributed by atoms with van der Waals surface area (Å²) in [5, 5.41) is 7.35. The fourth-order valence-corrected chi connectivity index (χ4v) is 9.27. The van der Waals surface area contributed by atoms with Gasteiger partial charge < -0.3 is 30.6 Å². The van der Waals surface area contributed by atoms with Gasteiger partial charge in [-0.1, -0.05) is 25.7 Å². The van der Waals surface area contributed by atoms with E-state index < -0.39 is 0 Å². The number of aromatic nitrogens is 8. The molecule has 2 fully saturated rings. The first-order valence-corrected chi connectivity index (χ1v) is 19.8. The third kappa shape index (κ3) is 5.41. The molecule has 12 rings (SSSR count). The molecule has 2 aliphatic heterocycles. The fraction of sp³-hybridized carbons (Fsp3) is 0.302. The van der Waals surface area contributed by atoms with Crippen molar-refractivity contribution in [3.8, 4) is 22.8 Å². The zero-order valence-electron chi connectivity index (χ0n) is 30.3. The molecule has 12 heteroatoms. The number of H-pyrrole nitrogens is 4. The number of amidine groups is 2. The minimum atomic E-state index is 0.408. The molecule has 6 heterocycles. The van der Waals surface area contributed by atoms with E-state index >= 15 is 0 Å². The standard InChI is InChI=1S/C43H40N12/c1-2-6-27-26(5-1)48-40(49-27)24-11-15-32-36(19-24)54-42(52-32)22-9-13-30-34(17-22)46-38(44-30)21-39-45-31-14-10-23(18-35(31)47-39)43-53-33-16-12-25(20-37(33)55-43)41-50-28-7-3-4-8-29(28)51-41/h9-20,26-29H,1-8,21H2,(H,44,46)(H,45,47)(H,48,49)(H,50,51)(H,52,54)(H,53,55)/t26-,27-,28-,29-/m1/s1. The predicted octanol–water partition coefficient (Wildman–Crippen LogP) is 7.44. The monoisotopic (exact) mass is 724 g/mol. The first-order chi connectivity index (χ1) is 27.1. The van der Waals surface area contributed by atoms with Crippen molar-refractivity contribution in [2.24, 2.45) is 9.98 Å². The SMILES string of the molecule is c1cc2nc(-c3ccc4nc(Cc5nc6ccc(-c7nc8ccc(C9=N[C@@H]%10CCCC[C@H]%10N9)cc8[nH]7)cc6[nH]5)[nH]c4c3)[nH]c2cc1C1=N[C@@H]2CCCC[C@H]2N1. The number of aromatic amines is 4. The number of rotatable bonds is 6. The smallest absolute Gasteiger partial charge is 0.138 e. The van der Waals surface area contributed by atoms with E-state index in [1.54, 1.807) is 0 Å². The van der Waals surface area contributed by atoms with E-state index in [4.69, 9.17) is 29.9 Å². The van der Waals surface area contributed by atoms with E-state index in [1.807, 2.05) is 12.1 Å². The van der Waals surface area contributed by atoms with Gasteiger partial charge in [-0.2, -0.15) is 0 Å². The molecule has 6 N–H and O–H groups in total. The van der Waals surface area contributed by atoms with Crippen LogP contribution in [0, 0.1) is 0 Å². The van der Waals surface area contributed by atoms with Crippen molar-refractivity contribution >= 4 is 55.8 Å². The van der Waals surface area contributed by atoms with Crippen LogP contribution in [0.3, 0.4) is 0 Å². The summed E-state index contributed by atoms with van der Waals surface area (Å²) in [6, 6.07) is 27.0. The maximum Gasteiger partial charge on any atom is 0.138 e. The Hall–Kier alpha value is -6.30. The highest BCUT2D eigenvalue weighted by atomic mass is 15.1. The highest BCUT2D eigenvalue weighted by Gasteiger charge is 2.32. The van der Waals surface area contributed by atoms with E-state index in [2.05, 4.69) is 91.2 Å². The molecule has 272 valence electrons. The molecule has 4 aliphatic rings. The van der Waals surface area contributed by atoms with Gasteiger partial charge in [0, 0.05) is 34.3 Å². The molecule has 0 saturated heterocycles. The molecule has 2 saturated carbocycles. The van der Waals surface area contributed by atoms with Gasteiger partial charge in [-0.05, 0) is 98.5 Å². The van der Waals surface area contributed by atoms with E-state index in [0.29, 0.717) is 30.6 Å². The number of aliphatic imine (C=N–C) groups is 2. The zero-order chi connectivity index (χ0) is 36.0. The van der Waals surface area contributed by atoms with E-state index in [0.717, 1.165) is 101 Å². The van der Waals surface area contributed by atoms with Gasteiger partial charge in [0.15, 0.2) is 0 Å². The van der Waals surface area contributed by atoms with Crippen LogP contribution < -0.4 is 10.6 Å². The lowest BCUT2D eigenvalue weighted by atomic mass is 9.92. The van der Waals surface area contributed by atoms with E-state index in [9.17, 15) is 0 Å². The largest absolute Gasteiger partial charge is 0.365 e. The quantitative estimate of drug-likeness (QED) is 0.104. The summed E-state index contributed by atoms with van der Waals surface area (Å²) in [7, 11) is 0. The van der Waals surface area contributed by atoms with Crippen LogP contribution in [0.15, 0.2) is 82.8 Å². The topological polar surface area (TPSA) is 163 Å². The van der Waals surface area contributed by atoms with Crippen molar-refractivity contribution in [2.45, 2.75) is 82.0 Å². The maximum absolute atomic E-state index is 5.02. The third-order valence-electron chi connectivity index (χ3n) is 12.1. The van der Waals surface area contributed by atoms with Gasteiger partial charge in [0.25, 0.3) is 0 Å². The molecule has 0 amide bonds. The second-order valence-corrected chi connectivity index (χ2v) is 15.8. The third-order valence-corrected chi connectivity index (χ3v) is 12.1. The fourth-order valence-electron chi connectivity index (χ4n) is 9.27. The molecule has 0 radical (unpaired) electrons. The summed E-state index contributed by atoms with van der Waals surface area (Å²) < 4.78 is 0. The molecule has 0 unspecified atom stereocenters. The number of hydrogen-bond acceptors (Lipinski definition) is 8. The lowest BCUT2D eigenvalue weighted by Crippen LogP contribution is -2.36. The number of nitrogens with zero attached hydrogens (tertiary/aromatic N) is 6. The number of benzene rings is 4. The molecule has 0 bridgehead atoms. The van der Waals surface area contributed by atoms with Gasteiger partial charge in [-0.15, -0.1) is 0 Å². The molecule has 0 spiro atoms. The maximum atomic E-state index is 5.02. The van der Waals surface area contributed by atoms with Crippen LogP contribution in [-0.4, -0.2) is 75.7 Å². The Morgan fingerprint density at radius 3 is 1.31 bits per heavy atom. The first kappa shape index (κ1) is 31.1. The average Bonchev–Trinajstić information content (AvgIpc) is 4.06. The van der Waals surface area contributed by atoms with E-state index in [1.165, 1.54) is 51.4 Å². The Balaban J connectivity index is 0.770. The van der Waals surface area contributed by atoms with Crippen LogP contribution in [0.2, 0.25) is 0 Å². The molecule has 8 aromatic rings. The van der Waals surface area contributed by atoms with Crippen molar-refractivity contribution in [3.63, 3.8) is 0 Å². The van der Waals surface area contributed by atoms with Crippen LogP contribution in [-0.2, 0) is 6.42 Å². The van der Waals surface area contributed by atoms with Gasteiger partial charge >= 0.3 is 0 Å². The van der Waals surface area contributed by atoms with Crippen LogP contribution in [0.5, 0.6) is 0 Å². The predicted molar refractivity (Wildman–Crippen MR) is 217 cm³/mol. The Morgan fingerprint density at radius 2 is 0.836 bits per heavy atom. The van der Waals surface area contributed by atoms with Gasteiger partial charge in [-0.3, -0.25) is 9.98 Å². The normalized spacial score (nSPS) is 22.2. The van der Waals surface area contributed by atoms with Crippen LogP contribution in [0.25, 0.3) is 66.9 Å². The number of imidazole rings is 4. The molecular weight excluding hydrogens is 685 g/mol. The minimum Gasteiger partial charge on any atom is -0.365 e. The van der Waals surface area contributed by atoms with Crippen molar-refractivity contribution < 1.29 is 0 Å². The molecule has 4 aromatic carbocycles. The first-order valence-electron chi connectivity index (χ1n) is 19.8. The number of nitrogens with one attached hydrogen (secondary N) is 6. The highest BCUT2D eigenvalue weighted by Crippen LogP contribution is 2.31. The second kappa shape index (κ2) is 12.1. The van der Waals surface area contributed by atoms with Gasteiger partial charge in [0.1, 0.15) is 35.0 Å². The molecule has 4 atom stereocenters. The Bertz CT molecular complexity index is 2670. The Labute approximate surface area is 315 Å². The molecule has 55 heavy (non-hydrogen) atoms. The van der Waals surface area contributed by atoms with E-state index in [-0.39, 0.29) is 0 Å². The summed E-state index contributed by atoms with van der Waals surface area (Å²) in [6.45, 7) is 0. The van der Waals surface area contributed by atoms with Crippen molar-refractivity contribution in [1.29, 1.82) is 0 Å². The second-order valence-electron chi connectivity index (χ2n) is 15.8. The summed E-state index contributed by atoms with van der Waals surface area (Å²) in [5.74, 6) is 5.37. The molecule has 12 nitrogen and oxygen atoms in total. The van der Waals surface area contributed by atoms with Crippen LogP contribution >= 0.6 is 0 Å².